The van der Waals surface area contributed by atoms with Gasteiger partial charge in [0, 0.05) is 37.9 Å². The third-order valence-corrected chi connectivity index (χ3v) is 5.07. The number of amides is 1. The van der Waals surface area contributed by atoms with Gasteiger partial charge >= 0.3 is 0 Å². The highest BCUT2D eigenvalue weighted by Gasteiger charge is 2.20. The van der Waals surface area contributed by atoms with E-state index in [-0.39, 0.29) is 23.2 Å². The number of nitro benzene ring substituents is 1. The van der Waals surface area contributed by atoms with E-state index in [1.54, 1.807) is 6.07 Å². The predicted molar refractivity (Wildman–Crippen MR) is 111 cm³/mol. The van der Waals surface area contributed by atoms with Gasteiger partial charge in [0.2, 0.25) is 5.91 Å². The second-order valence-electron chi connectivity index (χ2n) is 6.72. The van der Waals surface area contributed by atoms with Crippen molar-refractivity contribution in [1.29, 1.82) is 5.26 Å². The van der Waals surface area contributed by atoms with Crippen LogP contribution in [-0.4, -0.2) is 48.5 Å². The molecule has 150 valence electrons. The lowest BCUT2D eigenvalue weighted by atomic mass is 10.1. The molecule has 0 aliphatic carbocycles. The summed E-state index contributed by atoms with van der Waals surface area (Å²) >= 11 is 5.80. The minimum Gasteiger partial charge on any atom is -0.369 e. The fourth-order valence-corrected chi connectivity index (χ4v) is 3.53. The second kappa shape index (κ2) is 9.37. The number of benzene rings is 2. The zero-order valence-electron chi connectivity index (χ0n) is 15.7. The Hall–Kier alpha value is -3.15. The summed E-state index contributed by atoms with van der Waals surface area (Å²) in [5.74, 6) is -0.243. The molecule has 2 aromatic rings. The summed E-state index contributed by atoms with van der Waals surface area (Å²) in [6, 6.07) is 13.9. The maximum Gasteiger partial charge on any atom is 0.289 e. The Morgan fingerprint density at radius 2 is 2.00 bits per heavy atom. The predicted octanol–water partition coefficient (Wildman–Crippen LogP) is 3.27. The number of carbonyl (C=O) groups excluding carboxylic acids is 1. The van der Waals surface area contributed by atoms with Gasteiger partial charge < -0.3 is 10.2 Å². The van der Waals surface area contributed by atoms with Crippen molar-refractivity contribution in [3.63, 3.8) is 0 Å². The molecule has 1 aliphatic heterocycles. The number of halogens is 1. The van der Waals surface area contributed by atoms with E-state index < -0.39 is 4.92 Å². The molecule has 1 amide bonds. The topological polar surface area (TPSA) is 103 Å². The van der Waals surface area contributed by atoms with Gasteiger partial charge in [-0.2, -0.15) is 5.26 Å². The molecule has 1 heterocycles. The lowest BCUT2D eigenvalue weighted by Crippen LogP contribution is -2.36. The minimum absolute atomic E-state index is 0.0262. The van der Waals surface area contributed by atoms with E-state index in [9.17, 15) is 20.2 Å². The summed E-state index contributed by atoms with van der Waals surface area (Å²) in [6.45, 7) is 3.12. The molecule has 1 saturated heterocycles. The molecule has 29 heavy (non-hydrogen) atoms. The van der Waals surface area contributed by atoms with Gasteiger partial charge in [0.25, 0.3) is 5.69 Å². The summed E-state index contributed by atoms with van der Waals surface area (Å²) in [7, 11) is 0. The van der Waals surface area contributed by atoms with E-state index in [1.165, 1.54) is 18.2 Å². The summed E-state index contributed by atoms with van der Waals surface area (Å²) < 4.78 is 0. The normalized spacial score (nSPS) is 14.7. The van der Waals surface area contributed by atoms with Crippen molar-refractivity contribution < 1.29 is 9.72 Å². The van der Waals surface area contributed by atoms with Crippen LogP contribution in [-0.2, 0) is 4.79 Å². The first-order chi connectivity index (χ1) is 14.0. The van der Waals surface area contributed by atoms with Gasteiger partial charge in [-0.05, 0) is 30.7 Å². The summed E-state index contributed by atoms with van der Waals surface area (Å²) in [5, 5.41) is 23.0. The number of nitro groups is 1. The lowest BCUT2D eigenvalue weighted by Gasteiger charge is -2.24. The van der Waals surface area contributed by atoms with Crippen LogP contribution in [0.1, 0.15) is 12.0 Å². The third-order valence-electron chi connectivity index (χ3n) is 4.75. The monoisotopic (exact) mass is 413 g/mol. The first-order valence-corrected chi connectivity index (χ1v) is 9.56. The Bertz CT molecular complexity index is 959. The van der Waals surface area contributed by atoms with E-state index in [2.05, 4.69) is 16.3 Å². The number of nitrogens with one attached hydrogen (secondary N) is 1. The van der Waals surface area contributed by atoms with Crippen LogP contribution in [0, 0.1) is 21.4 Å². The number of hydrogen-bond acceptors (Lipinski definition) is 6. The minimum atomic E-state index is -0.583. The van der Waals surface area contributed by atoms with Crippen LogP contribution in [0.2, 0.25) is 5.02 Å². The van der Waals surface area contributed by atoms with E-state index in [0.717, 1.165) is 25.2 Å². The first-order valence-electron chi connectivity index (χ1n) is 9.18. The molecule has 2 aromatic carbocycles. The summed E-state index contributed by atoms with van der Waals surface area (Å²) in [6.07, 6.45) is 0.861. The fourth-order valence-electron chi connectivity index (χ4n) is 3.35. The van der Waals surface area contributed by atoms with Crippen molar-refractivity contribution in [2.45, 2.75) is 6.42 Å². The van der Waals surface area contributed by atoms with Crippen LogP contribution in [0.3, 0.4) is 0 Å². The number of hydrogen-bond donors (Lipinski definition) is 1. The van der Waals surface area contributed by atoms with Crippen molar-refractivity contribution in [2.75, 3.05) is 42.9 Å². The molecule has 0 atom stereocenters. The maximum atomic E-state index is 12.4. The summed E-state index contributed by atoms with van der Waals surface area (Å²) in [5.41, 5.74) is 1.65. The van der Waals surface area contributed by atoms with Crippen LogP contribution < -0.4 is 10.2 Å². The van der Waals surface area contributed by atoms with Crippen molar-refractivity contribution in [1.82, 2.24) is 4.90 Å². The molecule has 1 aliphatic rings. The van der Waals surface area contributed by atoms with Gasteiger partial charge in [-0.15, -0.1) is 0 Å². The molecular weight excluding hydrogens is 394 g/mol. The van der Waals surface area contributed by atoms with Crippen molar-refractivity contribution >= 4 is 34.6 Å². The molecule has 8 nitrogen and oxygen atoms in total. The molecule has 0 spiro atoms. The molecule has 0 saturated carbocycles. The van der Waals surface area contributed by atoms with Crippen LogP contribution >= 0.6 is 11.6 Å². The molecule has 9 heteroatoms. The molecule has 1 N–H and O–H groups in total. The van der Waals surface area contributed by atoms with Crippen LogP contribution in [0.15, 0.2) is 42.5 Å². The molecular formula is C20H20ClN5O3. The number of para-hydroxylation sites is 1. The SMILES string of the molecule is N#Cc1ccccc1N1CCCN(CC(=O)Nc2ccc(Cl)c([N+](=O)[O-])c2)CC1. The molecule has 0 bridgehead atoms. The van der Waals surface area contributed by atoms with Crippen molar-refractivity contribution in [3.8, 4) is 6.07 Å². The number of rotatable bonds is 5. The largest absolute Gasteiger partial charge is 0.369 e. The smallest absolute Gasteiger partial charge is 0.289 e. The van der Waals surface area contributed by atoms with E-state index >= 15 is 0 Å². The lowest BCUT2D eigenvalue weighted by molar-refractivity contribution is -0.384. The Labute approximate surface area is 173 Å². The van der Waals surface area contributed by atoms with Gasteiger partial charge in [0.15, 0.2) is 0 Å². The molecule has 3 rings (SSSR count). The number of nitrogens with zero attached hydrogens (tertiary/aromatic N) is 4. The van der Waals surface area contributed by atoms with Crippen molar-refractivity contribution in [2.24, 2.45) is 0 Å². The highest BCUT2D eigenvalue weighted by molar-refractivity contribution is 6.32. The Morgan fingerprint density at radius 3 is 2.76 bits per heavy atom. The van der Waals surface area contributed by atoms with E-state index in [1.807, 2.05) is 23.1 Å². The average molecular weight is 414 g/mol. The number of carbonyl (C=O) groups is 1. The maximum absolute atomic E-state index is 12.4. The standard InChI is InChI=1S/C20H20ClN5O3/c21-17-7-6-16(12-19(17)26(28)29)23-20(27)14-24-8-3-9-25(11-10-24)18-5-2-1-4-15(18)13-22/h1-2,4-7,12H,3,8-11,14H2,(H,23,27). The fraction of sp³-hybridized carbons (Fsp3) is 0.300. The number of nitriles is 1. The zero-order valence-corrected chi connectivity index (χ0v) is 16.4. The van der Waals surface area contributed by atoms with Crippen molar-refractivity contribution in [3.05, 3.63) is 63.2 Å². The quantitative estimate of drug-likeness (QED) is 0.596. The molecule has 0 radical (unpaired) electrons. The summed E-state index contributed by atoms with van der Waals surface area (Å²) in [4.78, 5) is 27.0. The van der Waals surface area contributed by atoms with Gasteiger partial charge in [0.05, 0.1) is 22.7 Å². The van der Waals surface area contributed by atoms with Crippen LogP contribution in [0.25, 0.3) is 0 Å². The molecule has 0 unspecified atom stereocenters. The highest BCUT2D eigenvalue weighted by Crippen LogP contribution is 2.27. The van der Waals surface area contributed by atoms with Crippen LogP contribution in [0.5, 0.6) is 0 Å². The van der Waals surface area contributed by atoms with Gasteiger partial charge in [0.1, 0.15) is 11.1 Å². The van der Waals surface area contributed by atoms with Gasteiger partial charge in [-0.3, -0.25) is 19.8 Å². The van der Waals surface area contributed by atoms with E-state index in [0.29, 0.717) is 24.3 Å². The average Bonchev–Trinajstić information content (AvgIpc) is 2.94. The van der Waals surface area contributed by atoms with E-state index in [4.69, 9.17) is 11.6 Å². The zero-order chi connectivity index (χ0) is 20.8. The van der Waals surface area contributed by atoms with Gasteiger partial charge in [-0.25, -0.2) is 0 Å². The Kier molecular flexibility index (Phi) is 6.65. The second-order valence-corrected chi connectivity index (χ2v) is 7.12. The Morgan fingerprint density at radius 1 is 1.21 bits per heavy atom. The van der Waals surface area contributed by atoms with Gasteiger partial charge in [-0.1, -0.05) is 23.7 Å². The number of anilines is 2. The first kappa shape index (κ1) is 20.6. The highest BCUT2D eigenvalue weighted by atomic mass is 35.5. The Balaban J connectivity index is 1.59. The third kappa shape index (κ3) is 5.22. The van der Waals surface area contributed by atoms with Crippen LogP contribution in [0.4, 0.5) is 17.1 Å². The molecule has 1 fully saturated rings. The molecule has 0 aromatic heterocycles.